The van der Waals surface area contributed by atoms with Gasteiger partial charge in [0.15, 0.2) is 11.6 Å². The lowest BCUT2D eigenvalue weighted by Crippen LogP contribution is -2.51. The summed E-state index contributed by atoms with van der Waals surface area (Å²) < 4.78 is 22.7. The molecule has 39 heavy (non-hydrogen) atoms. The van der Waals surface area contributed by atoms with Crippen LogP contribution in [0.4, 0.5) is 21.7 Å². The fourth-order valence-electron chi connectivity index (χ4n) is 6.92. The highest BCUT2D eigenvalue weighted by molar-refractivity contribution is 5.92. The van der Waals surface area contributed by atoms with Gasteiger partial charge >= 0.3 is 6.01 Å². The summed E-state index contributed by atoms with van der Waals surface area (Å²) in [5.41, 5.74) is 3.12. The molecule has 3 saturated heterocycles. The summed E-state index contributed by atoms with van der Waals surface area (Å²) in [6.45, 7) is 5.41. The average Bonchev–Trinajstić information content (AvgIpc) is 3.50. The van der Waals surface area contributed by atoms with Gasteiger partial charge in [-0.1, -0.05) is 18.2 Å². The summed E-state index contributed by atoms with van der Waals surface area (Å²) in [5, 5.41) is 14.9. The monoisotopic (exact) mass is 533 g/mol. The van der Waals surface area contributed by atoms with Gasteiger partial charge in [0.1, 0.15) is 17.9 Å². The zero-order chi connectivity index (χ0) is 26.7. The molecule has 4 atom stereocenters. The molecule has 2 bridgehead atoms. The SMILES string of the molecule is Cc1cccc2c1N(c1ncc3c(N4CC5CCC(C4)N5)nc(OCC4CCCN4C)nc3c1F)CC(O)C2. The number of β-amino-alcohol motifs (C(OH)–C–C–N with tert-alkyl or cyclic N) is 1. The van der Waals surface area contributed by atoms with Crippen molar-refractivity contribution < 1.29 is 14.2 Å². The highest BCUT2D eigenvalue weighted by Gasteiger charge is 2.35. The van der Waals surface area contributed by atoms with E-state index in [1.807, 2.05) is 25.1 Å². The van der Waals surface area contributed by atoms with Crippen molar-refractivity contribution in [1.29, 1.82) is 0 Å². The average molecular weight is 534 g/mol. The Morgan fingerprint density at radius 3 is 2.69 bits per heavy atom. The standard InChI is InChI=1S/C29H36FN7O2/c1-17-5-3-6-18-11-22(38)15-37(26(17)18)28-24(30)25-23(12-31-28)27(36-13-19-8-9-20(14-36)32-19)34-29(33-25)39-16-21-7-4-10-35(21)2/h3,5-6,12,19-22,32,38H,4,7-11,13-16H2,1-2H3. The number of hydrogen-bond donors (Lipinski definition) is 2. The summed E-state index contributed by atoms with van der Waals surface area (Å²) in [4.78, 5) is 20.4. The minimum absolute atomic E-state index is 0.170. The van der Waals surface area contributed by atoms with Gasteiger partial charge in [-0.2, -0.15) is 9.97 Å². The van der Waals surface area contributed by atoms with E-state index in [0.717, 1.165) is 62.1 Å². The van der Waals surface area contributed by atoms with Gasteiger partial charge in [0.05, 0.1) is 18.0 Å². The molecular weight excluding hydrogens is 497 g/mol. The molecule has 206 valence electrons. The van der Waals surface area contributed by atoms with Crippen LogP contribution in [0.15, 0.2) is 24.4 Å². The van der Waals surface area contributed by atoms with Crippen LogP contribution in [0.2, 0.25) is 0 Å². The van der Waals surface area contributed by atoms with E-state index in [0.29, 0.717) is 42.4 Å². The Hall–Kier alpha value is -3.08. The number of rotatable bonds is 5. The Morgan fingerprint density at radius 2 is 1.92 bits per heavy atom. The number of fused-ring (bicyclic) bond motifs is 4. The number of nitrogens with zero attached hydrogens (tertiary/aromatic N) is 6. The number of aliphatic hydroxyl groups is 1. The summed E-state index contributed by atoms with van der Waals surface area (Å²) in [7, 11) is 2.11. The van der Waals surface area contributed by atoms with Gasteiger partial charge in [0, 0.05) is 49.5 Å². The molecule has 0 amide bonds. The summed E-state index contributed by atoms with van der Waals surface area (Å²) >= 11 is 0. The lowest BCUT2D eigenvalue weighted by Gasteiger charge is -2.35. The summed E-state index contributed by atoms with van der Waals surface area (Å²) in [5.74, 6) is 0.338. The second-order valence-corrected chi connectivity index (χ2v) is 11.7. The number of aliphatic hydroxyl groups excluding tert-OH is 1. The van der Waals surface area contributed by atoms with Crippen molar-refractivity contribution in [1.82, 2.24) is 25.2 Å². The first kappa shape index (κ1) is 24.9. The minimum atomic E-state index is -0.615. The number of nitrogens with one attached hydrogen (secondary N) is 1. The molecule has 2 aromatic heterocycles. The number of hydrogen-bond acceptors (Lipinski definition) is 9. The van der Waals surface area contributed by atoms with Gasteiger partial charge in [-0.05, 0) is 57.3 Å². The second kappa shape index (κ2) is 9.83. The highest BCUT2D eigenvalue weighted by atomic mass is 19.1. The van der Waals surface area contributed by atoms with E-state index < -0.39 is 11.9 Å². The van der Waals surface area contributed by atoms with Gasteiger partial charge in [-0.15, -0.1) is 0 Å². The molecule has 3 fully saturated rings. The fraction of sp³-hybridized carbons (Fsp3) is 0.552. The Balaban J connectivity index is 1.32. The number of aryl methyl sites for hydroxylation is 1. The number of benzene rings is 1. The van der Waals surface area contributed by atoms with Gasteiger partial charge in [-0.25, -0.2) is 9.37 Å². The Bertz CT molecular complexity index is 1390. The van der Waals surface area contributed by atoms with E-state index in [2.05, 4.69) is 32.1 Å². The van der Waals surface area contributed by atoms with Crippen LogP contribution in [0.5, 0.6) is 6.01 Å². The van der Waals surface area contributed by atoms with Crippen LogP contribution in [0.3, 0.4) is 0 Å². The zero-order valence-corrected chi connectivity index (χ0v) is 22.6. The normalized spacial score (nSPS) is 26.9. The topological polar surface area (TPSA) is 89.9 Å². The predicted molar refractivity (Wildman–Crippen MR) is 148 cm³/mol. The van der Waals surface area contributed by atoms with Crippen molar-refractivity contribution in [3.05, 3.63) is 41.3 Å². The molecular formula is C29H36FN7O2. The van der Waals surface area contributed by atoms with Crippen LogP contribution in [0.25, 0.3) is 10.9 Å². The number of ether oxygens (including phenoxy) is 1. The van der Waals surface area contributed by atoms with E-state index >= 15 is 4.39 Å². The van der Waals surface area contributed by atoms with Gasteiger partial charge < -0.3 is 29.9 Å². The summed E-state index contributed by atoms with van der Waals surface area (Å²) in [6, 6.07) is 7.27. The van der Waals surface area contributed by atoms with Crippen molar-refractivity contribution >= 4 is 28.2 Å². The van der Waals surface area contributed by atoms with Crippen LogP contribution in [0.1, 0.15) is 36.8 Å². The fourth-order valence-corrected chi connectivity index (χ4v) is 6.92. The van der Waals surface area contributed by atoms with Crippen LogP contribution < -0.4 is 19.9 Å². The van der Waals surface area contributed by atoms with Crippen LogP contribution in [-0.4, -0.2) is 89.0 Å². The van der Waals surface area contributed by atoms with E-state index in [4.69, 9.17) is 9.72 Å². The molecule has 1 aromatic carbocycles. The maximum absolute atomic E-state index is 16.5. The van der Waals surface area contributed by atoms with Gasteiger partial charge in [-0.3, -0.25) is 0 Å². The third kappa shape index (κ3) is 4.48. The molecule has 4 unspecified atom stereocenters. The predicted octanol–water partition coefficient (Wildman–Crippen LogP) is 2.94. The Morgan fingerprint density at radius 1 is 1.10 bits per heavy atom. The molecule has 10 heteroatoms. The quantitative estimate of drug-likeness (QED) is 0.514. The zero-order valence-electron chi connectivity index (χ0n) is 22.6. The third-order valence-corrected chi connectivity index (χ3v) is 8.91. The van der Waals surface area contributed by atoms with Crippen molar-refractivity contribution in [2.24, 2.45) is 0 Å². The lowest BCUT2D eigenvalue weighted by molar-refractivity contribution is 0.178. The molecule has 4 aliphatic rings. The number of piperazine rings is 1. The van der Waals surface area contributed by atoms with Crippen molar-refractivity contribution in [2.75, 3.05) is 49.6 Å². The molecule has 0 saturated carbocycles. The molecule has 2 N–H and O–H groups in total. The van der Waals surface area contributed by atoms with Crippen LogP contribution in [-0.2, 0) is 6.42 Å². The maximum atomic E-state index is 16.5. The number of likely N-dealkylation sites (tertiary alicyclic amines) is 1. The molecule has 0 aliphatic carbocycles. The van der Waals surface area contributed by atoms with Crippen LogP contribution in [0, 0.1) is 12.7 Å². The van der Waals surface area contributed by atoms with Gasteiger partial charge in [0.25, 0.3) is 0 Å². The lowest BCUT2D eigenvalue weighted by atomic mass is 9.96. The molecule has 0 radical (unpaired) electrons. The number of aromatic nitrogens is 3. The number of para-hydroxylation sites is 1. The molecule has 6 heterocycles. The Kier molecular flexibility index (Phi) is 6.28. The highest BCUT2D eigenvalue weighted by Crippen LogP contribution is 2.39. The molecule has 3 aromatic rings. The van der Waals surface area contributed by atoms with E-state index in [1.54, 1.807) is 11.1 Å². The molecule has 0 spiro atoms. The molecule has 9 nitrogen and oxygen atoms in total. The first-order valence-electron chi connectivity index (χ1n) is 14.2. The van der Waals surface area contributed by atoms with Crippen molar-refractivity contribution in [2.45, 2.75) is 63.3 Å². The first-order valence-corrected chi connectivity index (χ1v) is 14.2. The summed E-state index contributed by atoms with van der Waals surface area (Å²) in [6.07, 6.45) is 6.09. The van der Waals surface area contributed by atoms with E-state index in [-0.39, 0.29) is 23.9 Å². The number of likely N-dealkylation sites (N-methyl/N-ethyl adjacent to an activating group) is 1. The number of anilines is 3. The molecule has 7 rings (SSSR count). The third-order valence-electron chi connectivity index (χ3n) is 8.91. The second-order valence-electron chi connectivity index (χ2n) is 11.7. The smallest absolute Gasteiger partial charge is 0.319 e. The maximum Gasteiger partial charge on any atom is 0.319 e. The van der Waals surface area contributed by atoms with Crippen LogP contribution >= 0.6 is 0 Å². The number of pyridine rings is 1. The van der Waals surface area contributed by atoms with Crippen molar-refractivity contribution in [3.63, 3.8) is 0 Å². The Labute approximate surface area is 228 Å². The van der Waals surface area contributed by atoms with E-state index in [1.165, 1.54) is 0 Å². The van der Waals surface area contributed by atoms with E-state index in [9.17, 15) is 5.11 Å². The van der Waals surface area contributed by atoms with Gasteiger partial charge in [0.2, 0.25) is 0 Å². The first-order chi connectivity index (χ1) is 18.9. The van der Waals surface area contributed by atoms with Crippen molar-refractivity contribution in [3.8, 4) is 6.01 Å². The minimum Gasteiger partial charge on any atom is -0.462 e. The number of halogens is 1. The molecule has 4 aliphatic heterocycles. The largest absolute Gasteiger partial charge is 0.462 e.